The molecular weight excluding hydrogens is 162 g/mol. The molecule has 1 aromatic heterocycles. The Morgan fingerprint density at radius 2 is 2.27 bits per heavy atom. The van der Waals surface area contributed by atoms with Gasteiger partial charge in [-0.05, 0) is 12.5 Å². The third-order valence-corrected chi connectivity index (χ3v) is 1.31. The van der Waals surface area contributed by atoms with Gasteiger partial charge in [0.15, 0.2) is 0 Å². The third kappa shape index (κ3) is 2.82. The maximum Gasteiger partial charge on any atom is 0.142 e. The molecule has 0 saturated carbocycles. The zero-order valence-corrected chi connectivity index (χ0v) is 7.27. The Balaban J connectivity index is 0.000001000. The van der Waals surface area contributed by atoms with Crippen molar-refractivity contribution >= 4 is 12.4 Å². The highest BCUT2D eigenvalue weighted by atomic mass is 35.5. The van der Waals surface area contributed by atoms with E-state index in [9.17, 15) is 0 Å². The highest BCUT2D eigenvalue weighted by molar-refractivity contribution is 5.85. The van der Waals surface area contributed by atoms with E-state index in [0.717, 1.165) is 17.9 Å². The molecule has 0 aliphatic heterocycles. The smallest absolute Gasteiger partial charge is 0.142 e. The number of hydrogen-bond acceptors (Lipinski definition) is 3. The highest BCUT2D eigenvalue weighted by Gasteiger charge is 1.92. The predicted octanol–water partition coefficient (Wildman–Crippen LogP) is 0.919. The van der Waals surface area contributed by atoms with Crippen LogP contribution in [0, 0.1) is 0 Å². The van der Waals surface area contributed by atoms with Gasteiger partial charge < -0.3 is 5.73 Å². The lowest BCUT2D eigenvalue weighted by Gasteiger charge is -1.96. The minimum absolute atomic E-state index is 0. The van der Waals surface area contributed by atoms with E-state index in [4.69, 9.17) is 5.73 Å². The van der Waals surface area contributed by atoms with E-state index in [2.05, 4.69) is 16.9 Å². The van der Waals surface area contributed by atoms with Crippen LogP contribution in [0.2, 0.25) is 0 Å². The van der Waals surface area contributed by atoms with E-state index in [-0.39, 0.29) is 12.4 Å². The normalized spacial score (nSPS) is 8.91. The summed E-state index contributed by atoms with van der Waals surface area (Å²) in [7, 11) is 0. The van der Waals surface area contributed by atoms with Crippen molar-refractivity contribution in [2.75, 3.05) is 0 Å². The predicted molar refractivity (Wildman–Crippen MR) is 46.5 cm³/mol. The lowest BCUT2D eigenvalue weighted by Crippen LogP contribution is -2.03. The summed E-state index contributed by atoms with van der Waals surface area (Å²) in [5.74, 6) is 0.722. The van der Waals surface area contributed by atoms with Crippen molar-refractivity contribution in [1.82, 2.24) is 9.97 Å². The molecule has 1 aromatic rings. The molecule has 0 amide bonds. The number of nitrogens with two attached hydrogens (primary N) is 1. The van der Waals surface area contributed by atoms with Gasteiger partial charge in [0.1, 0.15) is 5.82 Å². The summed E-state index contributed by atoms with van der Waals surface area (Å²) < 4.78 is 0. The molecule has 1 heterocycles. The second kappa shape index (κ2) is 5.04. The van der Waals surface area contributed by atoms with E-state index in [1.807, 2.05) is 6.07 Å². The third-order valence-electron chi connectivity index (χ3n) is 1.31. The first kappa shape index (κ1) is 10.3. The fourth-order valence-electron chi connectivity index (χ4n) is 0.737. The second-order valence-corrected chi connectivity index (χ2v) is 2.02. The lowest BCUT2D eigenvalue weighted by molar-refractivity contribution is 0.867. The molecule has 0 aromatic carbocycles. The fourth-order valence-corrected chi connectivity index (χ4v) is 0.737. The quantitative estimate of drug-likeness (QED) is 0.724. The minimum Gasteiger partial charge on any atom is -0.324 e. The Kier molecular flexibility index (Phi) is 4.74. The maximum absolute atomic E-state index is 5.35. The van der Waals surface area contributed by atoms with Crippen LogP contribution in [-0.2, 0) is 13.0 Å². The van der Waals surface area contributed by atoms with Crippen molar-refractivity contribution in [1.29, 1.82) is 0 Å². The van der Waals surface area contributed by atoms with Gasteiger partial charge >= 0.3 is 0 Å². The van der Waals surface area contributed by atoms with Crippen LogP contribution >= 0.6 is 12.4 Å². The Bertz CT molecular complexity index is 195. The molecule has 11 heavy (non-hydrogen) atoms. The topological polar surface area (TPSA) is 51.8 Å². The van der Waals surface area contributed by atoms with Crippen molar-refractivity contribution in [3.8, 4) is 0 Å². The van der Waals surface area contributed by atoms with E-state index >= 15 is 0 Å². The van der Waals surface area contributed by atoms with Gasteiger partial charge in [0.2, 0.25) is 0 Å². The van der Waals surface area contributed by atoms with E-state index in [0.29, 0.717) is 6.54 Å². The average molecular weight is 174 g/mol. The van der Waals surface area contributed by atoms with Crippen LogP contribution in [0.3, 0.4) is 0 Å². The van der Waals surface area contributed by atoms with Crippen molar-refractivity contribution in [2.24, 2.45) is 5.73 Å². The van der Waals surface area contributed by atoms with Gasteiger partial charge in [-0.15, -0.1) is 12.4 Å². The van der Waals surface area contributed by atoms with Crippen LogP contribution < -0.4 is 5.73 Å². The molecule has 0 radical (unpaired) electrons. The fraction of sp³-hybridized carbons (Fsp3) is 0.429. The van der Waals surface area contributed by atoms with Gasteiger partial charge in [-0.1, -0.05) is 6.92 Å². The summed E-state index contributed by atoms with van der Waals surface area (Å²) >= 11 is 0. The number of aryl methyl sites for hydroxylation is 1. The first-order valence-corrected chi connectivity index (χ1v) is 3.37. The van der Waals surface area contributed by atoms with Gasteiger partial charge in [-0.3, -0.25) is 0 Å². The Morgan fingerprint density at radius 3 is 2.82 bits per heavy atom. The lowest BCUT2D eigenvalue weighted by atomic mass is 10.3. The summed E-state index contributed by atoms with van der Waals surface area (Å²) in [6.45, 7) is 2.48. The van der Waals surface area contributed by atoms with Gasteiger partial charge in [0, 0.05) is 11.9 Å². The van der Waals surface area contributed by atoms with Gasteiger partial charge in [0.05, 0.1) is 6.54 Å². The SMILES string of the molecule is CCc1ccnc(CN)n1.Cl. The number of aromatic nitrogens is 2. The summed E-state index contributed by atoms with van der Waals surface area (Å²) in [4.78, 5) is 8.14. The monoisotopic (exact) mass is 173 g/mol. The Morgan fingerprint density at radius 1 is 1.55 bits per heavy atom. The molecule has 0 unspecified atom stereocenters. The summed E-state index contributed by atoms with van der Waals surface area (Å²) in [5, 5.41) is 0. The van der Waals surface area contributed by atoms with Crippen LogP contribution in [-0.4, -0.2) is 9.97 Å². The van der Waals surface area contributed by atoms with E-state index in [1.165, 1.54) is 0 Å². The molecule has 4 heteroatoms. The largest absolute Gasteiger partial charge is 0.324 e. The first-order valence-electron chi connectivity index (χ1n) is 3.37. The molecular formula is C7H12ClN3. The molecule has 0 aliphatic carbocycles. The first-order chi connectivity index (χ1) is 4.86. The van der Waals surface area contributed by atoms with Crippen LogP contribution in [0.25, 0.3) is 0 Å². The molecule has 0 saturated heterocycles. The van der Waals surface area contributed by atoms with E-state index in [1.54, 1.807) is 6.20 Å². The van der Waals surface area contributed by atoms with Crippen LogP contribution in [0.1, 0.15) is 18.4 Å². The standard InChI is InChI=1S/C7H11N3.ClH/c1-2-6-3-4-9-7(5-8)10-6;/h3-4H,2,5,8H2,1H3;1H. The molecule has 2 N–H and O–H groups in total. The van der Waals surface area contributed by atoms with Gasteiger partial charge in [-0.25, -0.2) is 9.97 Å². The van der Waals surface area contributed by atoms with E-state index < -0.39 is 0 Å². The van der Waals surface area contributed by atoms with Gasteiger partial charge in [0.25, 0.3) is 0 Å². The van der Waals surface area contributed by atoms with Crippen molar-refractivity contribution in [2.45, 2.75) is 19.9 Å². The zero-order valence-electron chi connectivity index (χ0n) is 6.45. The van der Waals surface area contributed by atoms with Crippen molar-refractivity contribution in [3.63, 3.8) is 0 Å². The molecule has 0 aliphatic rings. The number of nitrogens with zero attached hydrogens (tertiary/aromatic N) is 2. The molecule has 0 spiro atoms. The summed E-state index contributed by atoms with van der Waals surface area (Å²) in [6, 6.07) is 1.90. The van der Waals surface area contributed by atoms with Crippen LogP contribution in [0.15, 0.2) is 12.3 Å². The molecule has 0 fully saturated rings. The van der Waals surface area contributed by atoms with Crippen molar-refractivity contribution in [3.05, 3.63) is 23.8 Å². The average Bonchev–Trinajstić information content (AvgIpc) is 2.05. The molecule has 62 valence electrons. The van der Waals surface area contributed by atoms with Crippen LogP contribution in [0.5, 0.6) is 0 Å². The molecule has 0 bridgehead atoms. The maximum atomic E-state index is 5.35. The molecule has 3 nitrogen and oxygen atoms in total. The zero-order chi connectivity index (χ0) is 7.40. The number of rotatable bonds is 2. The minimum atomic E-state index is 0. The second-order valence-electron chi connectivity index (χ2n) is 2.02. The molecule has 1 rings (SSSR count). The molecule has 0 atom stereocenters. The van der Waals surface area contributed by atoms with Gasteiger partial charge in [-0.2, -0.15) is 0 Å². The Hall–Kier alpha value is -0.670. The summed E-state index contributed by atoms with van der Waals surface area (Å²) in [5.41, 5.74) is 6.40. The van der Waals surface area contributed by atoms with Crippen molar-refractivity contribution < 1.29 is 0 Å². The number of hydrogen-bond donors (Lipinski definition) is 1. The number of halogens is 1. The Labute approximate surface area is 72.5 Å². The highest BCUT2D eigenvalue weighted by Crippen LogP contribution is 1.94. The summed E-state index contributed by atoms with van der Waals surface area (Å²) in [6.07, 6.45) is 2.68. The van der Waals surface area contributed by atoms with Crippen LogP contribution in [0.4, 0.5) is 0 Å².